The minimum absolute atomic E-state index is 0.423. The highest BCUT2D eigenvalue weighted by molar-refractivity contribution is 7.98. The smallest absolute Gasteiger partial charge is 0.331 e. The number of thioether (sulfide) groups is 1. The van der Waals surface area contributed by atoms with Crippen LogP contribution in [0.3, 0.4) is 0 Å². The molecule has 1 heterocycles. The average molecular weight is 349 g/mol. The molecule has 0 unspecified atom stereocenters. The largest absolute Gasteiger partial charge is 0.391 e. The van der Waals surface area contributed by atoms with Crippen LogP contribution in [0.4, 0.5) is 0 Å². The van der Waals surface area contributed by atoms with Gasteiger partial charge in [-0.25, -0.2) is 9.59 Å². The zero-order valence-corrected chi connectivity index (χ0v) is 14.7. The van der Waals surface area contributed by atoms with Crippen molar-refractivity contribution in [3.05, 3.63) is 36.0 Å². The number of H-pyrrole nitrogens is 1. The molecule has 0 amide bonds. The van der Waals surface area contributed by atoms with Gasteiger partial charge in [-0.15, -0.1) is 0 Å². The van der Waals surface area contributed by atoms with Crippen molar-refractivity contribution in [2.75, 3.05) is 19.1 Å². The second kappa shape index (κ2) is 8.86. The number of fused-ring (bicyclic) bond motifs is 1. The van der Waals surface area contributed by atoms with Crippen LogP contribution in [0.1, 0.15) is 12.0 Å². The van der Waals surface area contributed by atoms with Crippen LogP contribution in [0.2, 0.25) is 0 Å². The number of nitrogens with two attached hydrogens (primary N) is 1. The number of para-hydroxylation sites is 1. The van der Waals surface area contributed by atoms with Crippen LogP contribution in [-0.4, -0.2) is 48.1 Å². The molecule has 130 valence electrons. The average Bonchev–Trinajstić information content (AvgIpc) is 3.00. The zero-order chi connectivity index (χ0) is 17.5. The second-order valence-electron chi connectivity index (χ2n) is 5.53. The molecule has 0 spiro atoms. The molecule has 6 nitrogen and oxygen atoms in total. The van der Waals surface area contributed by atoms with E-state index in [-0.39, 0.29) is 0 Å². The molecule has 2 aromatic rings. The molecule has 0 aliphatic carbocycles. The van der Waals surface area contributed by atoms with Gasteiger partial charge in [0.1, 0.15) is 12.1 Å². The summed E-state index contributed by atoms with van der Waals surface area (Å²) >= 11 is 1.59. The summed E-state index contributed by atoms with van der Waals surface area (Å²) in [5.74, 6) is -0.532. The fraction of sp³-hybridized carbons (Fsp3) is 0.412. The van der Waals surface area contributed by atoms with Crippen molar-refractivity contribution in [3.63, 3.8) is 0 Å². The van der Waals surface area contributed by atoms with E-state index in [1.807, 2.05) is 36.7 Å². The van der Waals surface area contributed by atoms with E-state index in [4.69, 9.17) is 10.5 Å². The first-order chi connectivity index (χ1) is 11.6. The summed E-state index contributed by atoms with van der Waals surface area (Å²) in [5.41, 5.74) is 7.73. The Kier molecular flexibility index (Phi) is 6.84. The quantitative estimate of drug-likeness (QED) is 0.493. The van der Waals surface area contributed by atoms with Crippen molar-refractivity contribution in [1.82, 2.24) is 10.3 Å². The summed E-state index contributed by atoms with van der Waals surface area (Å²) in [4.78, 5) is 27.3. The second-order valence-corrected chi connectivity index (χ2v) is 6.52. The molecule has 0 radical (unpaired) electrons. The number of benzene rings is 1. The van der Waals surface area contributed by atoms with E-state index in [1.165, 1.54) is 0 Å². The highest BCUT2D eigenvalue weighted by Crippen LogP contribution is 2.19. The van der Waals surface area contributed by atoms with E-state index in [0.29, 0.717) is 12.8 Å². The van der Waals surface area contributed by atoms with Crippen LogP contribution in [0.15, 0.2) is 30.5 Å². The predicted molar refractivity (Wildman–Crippen MR) is 96.9 cm³/mol. The lowest BCUT2D eigenvalue weighted by Crippen LogP contribution is -2.42. The minimum Gasteiger partial charge on any atom is -0.391 e. The summed E-state index contributed by atoms with van der Waals surface area (Å²) in [5, 5.41) is 3.96. The molecule has 0 saturated carbocycles. The normalized spacial score (nSPS) is 13.6. The molecule has 2 atom stereocenters. The van der Waals surface area contributed by atoms with Gasteiger partial charge < -0.3 is 20.8 Å². The molecule has 0 fully saturated rings. The van der Waals surface area contributed by atoms with Crippen molar-refractivity contribution in [3.8, 4) is 0 Å². The molecular weight excluding hydrogens is 326 g/mol. The lowest BCUT2D eigenvalue weighted by molar-refractivity contribution is -0.162. The van der Waals surface area contributed by atoms with E-state index < -0.39 is 24.0 Å². The Labute approximate surface area is 145 Å². The van der Waals surface area contributed by atoms with E-state index >= 15 is 0 Å². The number of ether oxygens (including phenoxy) is 1. The number of rotatable bonds is 8. The molecule has 1 aromatic carbocycles. The molecule has 24 heavy (non-hydrogen) atoms. The molecule has 0 saturated heterocycles. The fourth-order valence-electron chi connectivity index (χ4n) is 2.43. The van der Waals surface area contributed by atoms with Crippen LogP contribution in [0.25, 0.3) is 10.9 Å². The maximum Gasteiger partial charge on any atom is 0.331 e. The summed E-state index contributed by atoms with van der Waals surface area (Å²) in [6.07, 6.45) is 4.71. The Morgan fingerprint density at radius 1 is 1.33 bits per heavy atom. The monoisotopic (exact) mass is 349 g/mol. The molecule has 1 aromatic heterocycles. The molecular formula is C17H23N3O3S. The van der Waals surface area contributed by atoms with Gasteiger partial charge in [0, 0.05) is 23.5 Å². The van der Waals surface area contributed by atoms with Crippen LogP contribution in [0.5, 0.6) is 0 Å². The predicted octanol–water partition coefficient (Wildman–Crippen LogP) is 1.45. The van der Waals surface area contributed by atoms with Crippen molar-refractivity contribution in [2.24, 2.45) is 5.73 Å². The molecule has 4 N–H and O–H groups in total. The van der Waals surface area contributed by atoms with Crippen molar-refractivity contribution in [1.29, 1.82) is 0 Å². The van der Waals surface area contributed by atoms with Gasteiger partial charge in [0.25, 0.3) is 0 Å². The maximum atomic E-state index is 12.2. The number of hydrogen-bond donors (Lipinski definition) is 3. The molecule has 7 heteroatoms. The lowest BCUT2D eigenvalue weighted by atomic mass is 10.1. The first-order valence-electron chi connectivity index (χ1n) is 7.79. The zero-order valence-electron chi connectivity index (χ0n) is 13.9. The Balaban J connectivity index is 2.00. The maximum absolute atomic E-state index is 12.2. The van der Waals surface area contributed by atoms with Crippen LogP contribution in [-0.2, 0) is 20.7 Å². The summed E-state index contributed by atoms with van der Waals surface area (Å²) in [6, 6.07) is 6.47. The van der Waals surface area contributed by atoms with Gasteiger partial charge in [-0.1, -0.05) is 18.2 Å². The summed E-state index contributed by atoms with van der Waals surface area (Å²) in [6.45, 7) is 0. The standard InChI is InChI=1S/C17H23N3O3S/c1-19-15(17(22)23-16(21)13(18)7-8-24-2)9-11-10-20-14-6-4-3-5-12(11)14/h3-6,10,13,15,19-20H,7-9,18H2,1-2H3/t13-,15+/m1/s1. The molecule has 0 aliphatic heterocycles. The highest BCUT2D eigenvalue weighted by Gasteiger charge is 2.25. The minimum atomic E-state index is -0.771. The fourth-order valence-corrected chi connectivity index (χ4v) is 2.92. The Bertz CT molecular complexity index is 701. The third kappa shape index (κ3) is 4.59. The first-order valence-corrected chi connectivity index (χ1v) is 9.18. The SMILES string of the molecule is CN[C@@H](Cc1c[nH]c2ccccc12)C(=O)OC(=O)[C@H](N)CCSC. The number of carbonyl (C=O) groups is 2. The Hall–Kier alpha value is -1.83. The summed E-state index contributed by atoms with van der Waals surface area (Å²) < 4.78 is 4.94. The van der Waals surface area contributed by atoms with Crippen LogP contribution < -0.4 is 11.1 Å². The van der Waals surface area contributed by atoms with Crippen molar-refractivity contribution >= 4 is 34.6 Å². The van der Waals surface area contributed by atoms with E-state index in [2.05, 4.69) is 10.3 Å². The molecule has 2 rings (SSSR count). The number of hydrogen-bond acceptors (Lipinski definition) is 6. The highest BCUT2D eigenvalue weighted by atomic mass is 32.2. The van der Waals surface area contributed by atoms with Gasteiger partial charge in [0.05, 0.1) is 0 Å². The number of likely N-dealkylation sites (N-methyl/N-ethyl adjacent to an activating group) is 1. The molecule has 0 aliphatic rings. The van der Waals surface area contributed by atoms with Gasteiger partial charge in [-0.05, 0) is 37.1 Å². The van der Waals surface area contributed by atoms with Gasteiger partial charge in [0.2, 0.25) is 0 Å². The first kappa shape index (κ1) is 18.5. The number of carbonyl (C=O) groups excluding carboxylic acids is 2. The van der Waals surface area contributed by atoms with Crippen molar-refractivity contribution < 1.29 is 14.3 Å². The van der Waals surface area contributed by atoms with Gasteiger partial charge >= 0.3 is 11.9 Å². The number of aromatic nitrogens is 1. The van der Waals surface area contributed by atoms with Crippen LogP contribution in [0, 0.1) is 0 Å². The van der Waals surface area contributed by atoms with E-state index in [9.17, 15) is 9.59 Å². The van der Waals surface area contributed by atoms with Crippen molar-refractivity contribution in [2.45, 2.75) is 24.9 Å². The van der Waals surface area contributed by atoms with Gasteiger partial charge in [0.15, 0.2) is 0 Å². The van der Waals surface area contributed by atoms with E-state index in [0.717, 1.165) is 22.2 Å². The Morgan fingerprint density at radius 3 is 2.79 bits per heavy atom. The number of aromatic amines is 1. The topological polar surface area (TPSA) is 97.2 Å². The van der Waals surface area contributed by atoms with E-state index in [1.54, 1.807) is 18.8 Å². The van der Waals surface area contributed by atoms with Gasteiger partial charge in [-0.2, -0.15) is 11.8 Å². The third-order valence-electron chi connectivity index (χ3n) is 3.87. The van der Waals surface area contributed by atoms with Gasteiger partial charge in [-0.3, -0.25) is 0 Å². The van der Waals surface area contributed by atoms with Crippen LogP contribution >= 0.6 is 11.8 Å². The third-order valence-corrected chi connectivity index (χ3v) is 4.51. The lowest BCUT2D eigenvalue weighted by Gasteiger charge is -2.16. The Morgan fingerprint density at radius 2 is 2.08 bits per heavy atom. The number of esters is 2. The summed E-state index contributed by atoms with van der Waals surface area (Å²) in [7, 11) is 1.67. The molecule has 0 bridgehead atoms. The number of nitrogens with one attached hydrogen (secondary N) is 2.